The second kappa shape index (κ2) is 7.93. The molecule has 0 radical (unpaired) electrons. The molecule has 7 heteroatoms. The largest absolute Gasteiger partial charge is 0.497 e. The highest BCUT2D eigenvalue weighted by atomic mass is 16.5. The first kappa shape index (κ1) is 18.4. The zero-order valence-electron chi connectivity index (χ0n) is 15.8. The molecule has 2 aromatic carbocycles. The number of hydrogen-bond acceptors (Lipinski definition) is 6. The van der Waals surface area contributed by atoms with E-state index in [-0.39, 0.29) is 17.3 Å². The van der Waals surface area contributed by atoms with Gasteiger partial charge in [0.2, 0.25) is 0 Å². The van der Waals surface area contributed by atoms with Crippen LogP contribution in [0.15, 0.2) is 67.0 Å². The van der Waals surface area contributed by atoms with E-state index in [4.69, 9.17) is 10.5 Å². The van der Waals surface area contributed by atoms with Crippen LogP contribution in [0.5, 0.6) is 5.75 Å². The number of aromatic nitrogens is 3. The van der Waals surface area contributed by atoms with Gasteiger partial charge < -0.3 is 15.8 Å². The fourth-order valence-corrected chi connectivity index (χ4v) is 2.92. The average molecular weight is 385 g/mol. The van der Waals surface area contributed by atoms with Gasteiger partial charge in [-0.15, -0.1) is 0 Å². The maximum absolute atomic E-state index is 12.5. The van der Waals surface area contributed by atoms with Gasteiger partial charge in [0.25, 0.3) is 5.91 Å². The number of nitrogens with one attached hydrogen (secondary N) is 1. The molecule has 3 N–H and O–H groups in total. The van der Waals surface area contributed by atoms with E-state index in [9.17, 15) is 4.79 Å². The molecule has 0 spiro atoms. The minimum absolute atomic E-state index is 0.121. The molecule has 29 heavy (non-hydrogen) atoms. The van der Waals surface area contributed by atoms with E-state index < -0.39 is 0 Å². The van der Waals surface area contributed by atoms with Gasteiger partial charge >= 0.3 is 0 Å². The Bertz CT molecular complexity index is 1180. The van der Waals surface area contributed by atoms with Crippen LogP contribution in [0.25, 0.3) is 22.3 Å². The number of rotatable bonds is 5. The minimum Gasteiger partial charge on any atom is -0.497 e. The van der Waals surface area contributed by atoms with Gasteiger partial charge in [0.05, 0.1) is 18.2 Å². The van der Waals surface area contributed by atoms with E-state index in [0.717, 1.165) is 27.8 Å². The highest BCUT2D eigenvalue weighted by molar-refractivity contribution is 5.98. The number of nitrogen functional groups attached to an aromatic ring is 1. The van der Waals surface area contributed by atoms with Crippen molar-refractivity contribution < 1.29 is 9.53 Å². The number of para-hydroxylation sites is 1. The normalized spacial score (nSPS) is 10.7. The van der Waals surface area contributed by atoms with Crippen LogP contribution in [0.4, 0.5) is 5.82 Å². The summed E-state index contributed by atoms with van der Waals surface area (Å²) in [7, 11) is 1.61. The molecule has 2 aromatic heterocycles. The molecular weight excluding hydrogens is 366 g/mol. The van der Waals surface area contributed by atoms with Crippen LogP contribution in [0.2, 0.25) is 0 Å². The molecule has 144 valence electrons. The van der Waals surface area contributed by atoms with Gasteiger partial charge in [-0.2, -0.15) is 0 Å². The lowest BCUT2D eigenvalue weighted by Crippen LogP contribution is -2.24. The first-order valence-corrected chi connectivity index (χ1v) is 9.03. The second-order valence-corrected chi connectivity index (χ2v) is 6.44. The SMILES string of the molecule is COc1ccc(CNC(=O)c2cnc(-c3cnc4ccccc4c3)nc2N)cc1. The van der Waals surface area contributed by atoms with E-state index in [1.165, 1.54) is 6.20 Å². The molecule has 0 fully saturated rings. The van der Waals surface area contributed by atoms with Crippen LogP contribution in [0, 0.1) is 0 Å². The van der Waals surface area contributed by atoms with Crippen molar-refractivity contribution in [2.75, 3.05) is 12.8 Å². The fourth-order valence-electron chi connectivity index (χ4n) is 2.92. The molecule has 0 saturated carbocycles. The number of amides is 1. The summed E-state index contributed by atoms with van der Waals surface area (Å²) in [5.74, 6) is 0.973. The number of fused-ring (bicyclic) bond motifs is 1. The van der Waals surface area contributed by atoms with E-state index >= 15 is 0 Å². The van der Waals surface area contributed by atoms with Crippen LogP contribution in [-0.4, -0.2) is 28.0 Å². The molecule has 0 aliphatic heterocycles. The van der Waals surface area contributed by atoms with Crippen LogP contribution in [-0.2, 0) is 6.54 Å². The Kier molecular flexibility index (Phi) is 5.03. The van der Waals surface area contributed by atoms with Crippen molar-refractivity contribution in [2.45, 2.75) is 6.54 Å². The van der Waals surface area contributed by atoms with Crippen LogP contribution < -0.4 is 15.8 Å². The van der Waals surface area contributed by atoms with Gasteiger partial charge in [0.15, 0.2) is 5.82 Å². The average Bonchev–Trinajstić information content (AvgIpc) is 2.77. The maximum Gasteiger partial charge on any atom is 0.256 e. The first-order valence-electron chi connectivity index (χ1n) is 9.03. The Morgan fingerprint density at radius 3 is 2.62 bits per heavy atom. The van der Waals surface area contributed by atoms with Crippen LogP contribution >= 0.6 is 0 Å². The summed E-state index contributed by atoms with van der Waals surface area (Å²) in [6.45, 7) is 0.360. The third-order valence-electron chi connectivity index (χ3n) is 4.52. The molecule has 4 rings (SSSR count). The summed E-state index contributed by atoms with van der Waals surface area (Å²) in [6, 6.07) is 17.2. The lowest BCUT2D eigenvalue weighted by Gasteiger charge is -2.09. The number of carbonyl (C=O) groups is 1. The number of benzene rings is 2. The number of methoxy groups -OCH3 is 1. The third kappa shape index (κ3) is 3.98. The van der Waals surface area contributed by atoms with Crippen molar-refractivity contribution >= 4 is 22.6 Å². The number of anilines is 1. The predicted molar refractivity (Wildman–Crippen MR) is 111 cm³/mol. The van der Waals surface area contributed by atoms with E-state index in [1.807, 2.05) is 54.6 Å². The predicted octanol–water partition coefficient (Wildman–Crippen LogP) is 3.21. The molecule has 7 nitrogen and oxygen atoms in total. The van der Waals surface area contributed by atoms with E-state index in [1.54, 1.807) is 13.3 Å². The zero-order valence-corrected chi connectivity index (χ0v) is 15.8. The van der Waals surface area contributed by atoms with Crippen molar-refractivity contribution in [3.63, 3.8) is 0 Å². The van der Waals surface area contributed by atoms with Crippen molar-refractivity contribution in [1.29, 1.82) is 0 Å². The Morgan fingerprint density at radius 1 is 1.07 bits per heavy atom. The smallest absolute Gasteiger partial charge is 0.256 e. The van der Waals surface area contributed by atoms with Crippen LogP contribution in [0.3, 0.4) is 0 Å². The topological polar surface area (TPSA) is 103 Å². The molecule has 0 bridgehead atoms. The monoisotopic (exact) mass is 385 g/mol. The summed E-state index contributed by atoms with van der Waals surface area (Å²) < 4.78 is 5.13. The molecule has 0 aliphatic rings. The van der Waals surface area contributed by atoms with Gasteiger partial charge in [0, 0.05) is 29.9 Å². The van der Waals surface area contributed by atoms with Crippen molar-refractivity contribution in [3.05, 3.63) is 78.1 Å². The standard InChI is InChI=1S/C22H19N5O2/c1-29-17-8-6-14(7-9-17)11-26-22(28)18-13-25-21(27-20(18)23)16-10-15-4-2-3-5-19(15)24-12-16/h2-10,12-13H,11H2,1H3,(H,26,28)(H2,23,25,27). The second-order valence-electron chi connectivity index (χ2n) is 6.44. The zero-order chi connectivity index (χ0) is 20.2. The van der Waals surface area contributed by atoms with Gasteiger partial charge in [-0.3, -0.25) is 9.78 Å². The van der Waals surface area contributed by atoms with E-state index in [0.29, 0.717) is 12.4 Å². The highest BCUT2D eigenvalue weighted by Gasteiger charge is 2.14. The lowest BCUT2D eigenvalue weighted by molar-refractivity contribution is 0.0951. The number of pyridine rings is 1. The van der Waals surface area contributed by atoms with Crippen molar-refractivity contribution in [2.24, 2.45) is 0 Å². The summed E-state index contributed by atoms with van der Waals surface area (Å²) in [5.41, 5.74) is 8.83. The molecule has 0 saturated heterocycles. The summed E-state index contributed by atoms with van der Waals surface area (Å²) in [4.78, 5) is 25.5. The number of nitrogens with two attached hydrogens (primary N) is 1. The molecule has 4 aromatic rings. The van der Waals surface area contributed by atoms with Crippen LogP contribution in [0.1, 0.15) is 15.9 Å². The Hall–Kier alpha value is -4.00. The summed E-state index contributed by atoms with van der Waals surface area (Å²) >= 11 is 0. The molecule has 0 aliphatic carbocycles. The number of hydrogen-bond donors (Lipinski definition) is 2. The highest BCUT2D eigenvalue weighted by Crippen LogP contribution is 2.21. The molecule has 0 unspecified atom stereocenters. The maximum atomic E-state index is 12.5. The Morgan fingerprint density at radius 2 is 1.86 bits per heavy atom. The molecule has 1 amide bonds. The first-order chi connectivity index (χ1) is 14.1. The van der Waals surface area contributed by atoms with Crippen molar-refractivity contribution in [1.82, 2.24) is 20.3 Å². The van der Waals surface area contributed by atoms with Crippen molar-refractivity contribution in [3.8, 4) is 17.1 Å². The number of carbonyl (C=O) groups excluding carboxylic acids is 1. The van der Waals surface area contributed by atoms with E-state index in [2.05, 4.69) is 20.3 Å². The molecule has 2 heterocycles. The molecule has 0 atom stereocenters. The Labute approximate surface area is 167 Å². The van der Waals surface area contributed by atoms with Gasteiger partial charge in [-0.05, 0) is 29.8 Å². The fraction of sp³-hybridized carbons (Fsp3) is 0.0909. The summed E-state index contributed by atoms with van der Waals surface area (Å²) in [5, 5.41) is 3.80. The van der Waals surface area contributed by atoms with Gasteiger partial charge in [-0.25, -0.2) is 9.97 Å². The number of ether oxygens (including phenoxy) is 1. The van der Waals surface area contributed by atoms with Gasteiger partial charge in [-0.1, -0.05) is 30.3 Å². The third-order valence-corrected chi connectivity index (χ3v) is 4.52. The quantitative estimate of drug-likeness (QED) is 0.547. The Balaban J connectivity index is 1.50. The summed E-state index contributed by atoms with van der Waals surface area (Å²) in [6.07, 6.45) is 3.14. The number of nitrogens with zero attached hydrogens (tertiary/aromatic N) is 3. The van der Waals surface area contributed by atoms with Gasteiger partial charge in [0.1, 0.15) is 11.6 Å². The molecular formula is C22H19N5O2. The lowest BCUT2D eigenvalue weighted by atomic mass is 10.1. The minimum atomic E-state index is -0.332.